The Morgan fingerprint density at radius 3 is 2.71 bits per heavy atom. The number of halogens is 1. The molecule has 0 saturated heterocycles. The van der Waals surface area contributed by atoms with Crippen molar-refractivity contribution in [3.8, 4) is 0 Å². The van der Waals surface area contributed by atoms with Crippen molar-refractivity contribution in [3.63, 3.8) is 0 Å². The average molecular weight is 302 g/mol. The first kappa shape index (κ1) is 14.2. The molecule has 17 heavy (non-hydrogen) atoms. The smallest absolute Gasteiger partial charge is 0.269 e. The van der Waals surface area contributed by atoms with Crippen molar-refractivity contribution in [3.05, 3.63) is 17.5 Å². The number of aryl methyl sites for hydroxylation is 2. The van der Waals surface area contributed by atoms with Gasteiger partial charge in [0.1, 0.15) is 5.69 Å². The second-order valence-corrected chi connectivity index (χ2v) is 5.04. The van der Waals surface area contributed by atoms with Crippen molar-refractivity contribution in [1.29, 1.82) is 0 Å². The van der Waals surface area contributed by atoms with Crippen LogP contribution in [0.5, 0.6) is 0 Å². The molecule has 1 aromatic heterocycles. The van der Waals surface area contributed by atoms with Crippen LogP contribution in [0.4, 0.5) is 0 Å². The Morgan fingerprint density at radius 2 is 2.24 bits per heavy atom. The van der Waals surface area contributed by atoms with Gasteiger partial charge >= 0.3 is 0 Å². The lowest BCUT2D eigenvalue weighted by Crippen LogP contribution is -2.38. The molecule has 2 unspecified atom stereocenters. The summed E-state index contributed by atoms with van der Waals surface area (Å²) >= 11 is 3.42. The minimum absolute atomic E-state index is 0.0556. The van der Waals surface area contributed by atoms with Crippen molar-refractivity contribution >= 4 is 21.8 Å². The summed E-state index contributed by atoms with van der Waals surface area (Å²) in [5.41, 5.74) is 1.56. The van der Waals surface area contributed by atoms with Crippen LogP contribution in [0, 0.1) is 5.92 Å². The summed E-state index contributed by atoms with van der Waals surface area (Å²) in [6.45, 7) is 6.14. The second-order valence-electron chi connectivity index (χ2n) is 4.39. The lowest BCUT2D eigenvalue weighted by atomic mass is 10.1. The number of alkyl halides is 1. The molecule has 5 heteroatoms. The highest BCUT2D eigenvalue weighted by molar-refractivity contribution is 9.09. The molecule has 0 spiro atoms. The van der Waals surface area contributed by atoms with E-state index in [0.29, 0.717) is 11.6 Å². The fourth-order valence-electron chi connectivity index (χ4n) is 1.47. The van der Waals surface area contributed by atoms with Gasteiger partial charge in [-0.1, -0.05) is 29.8 Å². The van der Waals surface area contributed by atoms with Crippen molar-refractivity contribution in [2.45, 2.75) is 33.2 Å². The lowest BCUT2D eigenvalue weighted by Gasteiger charge is -2.19. The summed E-state index contributed by atoms with van der Waals surface area (Å²) in [6, 6.07) is 1.99. The maximum atomic E-state index is 12.0. The summed E-state index contributed by atoms with van der Waals surface area (Å²) in [5, 5.41) is 8.14. The van der Waals surface area contributed by atoms with Crippen LogP contribution in [0.25, 0.3) is 0 Å². The summed E-state index contributed by atoms with van der Waals surface area (Å²) in [7, 11) is 1.80. The first-order valence-corrected chi connectivity index (χ1v) is 7.01. The molecule has 1 aromatic rings. The predicted octanol–water partition coefficient (Wildman–Crippen LogP) is 2.13. The van der Waals surface area contributed by atoms with E-state index < -0.39 is 0 Å². The Balaban J connectivity index is 2.72. The SMILES string of the molecule is CCc1cc(C(=O)NC(C)C(C)CBr)n(C)n1. The molecule has 1 heterocycles. The van der Waals surface area contributed by atoms with Gasteiger partial charge in [0.05, 0.1) is 5.69 Å². The summed E-state index contributed by atoms with van der Waals surface area (Å²) in [4.78, 5) is 12.0. The monoisotopic (exact) mass is 301 g/mol. The van der Waals surface area contributed by atoms with Crippen LogP contribution in [0.3, 0.4) is 0 Å². The molecule has 1 N–H and O–H groups in total. The normalized spacial score (nSPS) is 14.4. The van der Waals surface area contributed by atoms with E-state index in [1.54, 1.807) is 11.7 Å². The average Bonchev–Trinajstić information content (AvgIpc) is 2.69. The maximum Gasteiger partial charge on any atom is 0.269 e. The van der Waals surface area contributed by atoms with Crippen LogP contribution in [-0.2, 0) is 13.5 Å². The highest BCUT2D eigenvalue weighted by Gasteiger charge is 2.17. The van der Waals surface area contributed by atoms with E-state index in [0.717, 1.165) is 17.4 Å². The van der Waals surface area contributed by atoms with Gasteiger partial charge in [0.25, 0.3) is 5.91 Å². The van der Waals surface area contributed by atoms with Crippen LogP contribution >= 0.6 is 15.9 Å². The van der Waals surface area contributed by atoms with Crippen LogP contribution in [-0.4, -0.2) is 27.1 Å². The molecule has 0 radical (unpaired) electrons. The van der Waals surface area contributed by atoms with E-state index in [2.05, 4.69) is 33.3 Å². The highest BCUT2D eigenvalue weighted by Crippen LogP contribution is 2.08. The van der Waals surface area contributed by atoms with E-state index in [4.69, 9.17) is 0 Å². The molecular formula is C12H20BrN3O. The lowest BCUT2D eigenvalue weighted by molar-refractivity contribution is 0.0921. The minimum atomic E-state index is -0.0556. The summed E-state index contributed by atoms with van der Waals surface area (Å²) in [6.07, 6.45) is 0.842. The fraction of sp³-hybridized carbons (Fsp3) is 0.667. The minimum Gasteiger partial charge on any atom is -0.348 e. The third-order valence-corrected chi connectivity index (χ3v) is 4.00. The molecule has 0 aliphatic heterocycles. The second kappa shape index (κ2) is 6.19. The fourth-order valence-corrected chi connectivity index (χ4v) is 2.03. The maximum absolute atomic E-state index is 12.0. The van der Waals surface area contributed by atoms with Gasteiger partial charge in [-0.2, -0.15) is 5.10 Å². The molecular weight excluding hydrogens is 282 g/mol. The molecule has 96 valence electrons. The molecule has 2 atom stereocenters. The van der Waals surface area contributed by atoms with Gasteiger partial charge in [-0.25, -0.2) is 0 Å². The molecule has 0 saturated carbocycles. The Morgan fingerprint density at radius 1 is 1.59 bits per heavy atom. The van der Waals surface area contributed by atoms with E-state index in [-0.39, 0.29) is 11.9 Å². The zero-order valence-electron chi connectivity index (χ0n) is 10.8. The van der Waals surface area contributed by atoms with Crippen LogP contribution < -0.4 is 5.32 Å². The standard InChI is InChI=1S/C12H20BrN3O/c1-5-10-6-11(16(4)15-10)12(17)14-9(3)8(2)7-13/h6,8-9H,5,7H2,1-4H3,(H,14,17). The molecule has 1 amide bonds. The third-order valence-electron chi connectivity index (χ3n) is 2.98. The Hall–Kier alpha value is -0.840. The molecule has 0 aromatic carbocycles. The van der Waals surface area contributed by atoms with Gasteiger partial charge in [0.2, 0.25) is 0 Å². The molecule has 0 aliphatic carbocycles. The quantitative estimate of drug-likeness (QED) is 0.847. The van der Waals surface area contributed by atoms with Gasteiger partial charge in [-0.3, -0.25) is 9.48 Å². The van der Waals surface area contributed by atoms with Gasteiger partial charge in [0.15, 0.2) is 0 Å². The zero-order valence-corrected chi connectivity index (χ0v) is 12.4. The first-order chi connectivity index (χ1) is 7.99. The summed E-state index contributed by atoms with van der Waals surface area (Å²) in [5.74, 6) is 0.345. The number of aromatic nitrogens is 2. The number of rotatable bonds is 5. The number of carbonyl (C=O) groups is 1. The number of amides is 1. The van der Waals surface area contributed by atoms with E-state index >= 15 is 0 Å². The number of hydrogen-bond donors (Lipinski definition) is 1. The molecule has 4 nitrogen and oxygen atoms in total. The Bertz CT molecular complexity index is 389. The topological polar surface area (TPSA) is 46.9 Å². The van der Waals surface area contributed by atoms with Crippen molar-refractivity contribution in [1.82, 2.24) is 15.1 Å². The molecule has 0 aliphatic rings. The van der Waals surface area contributed by atoms with E-state index in [1.807, 2.05) is 19.9 Å². The number of carbonyl (C=O) groups excluding carboxylic acids is 1. The van der Waals surface area contributed by atoms with Gasteiger partial charge < -0.3 is 5.32 Å². The van der Waals surface area contributed by atoms with Gasteiger partial charge in [-0.05, 0) is 25.3 Å². The molecule has 0 bridgehead atoms. The van der Waals surface area contributed by atoms with Crippen LogP contribution in [0.15, 0.2) is 6.07 Å². The third kappa shape index (κ3) is 3.56. The largest absolute Gasteiger partial charge is 0.348 e. The van der Waals surface area contributed by atoms with E-state index in [9.17, 15) is 4.79 Å². The predicted molar refractivity (Wildman–Crippen MR) is 72.5 cm³/mol. The molecule has 1 rings (SSSR count). The van der Waals surface area contributed by atoms with Crippen molar-refractivity contribution in [2.75, 3.05) is 5.33 Å². The van der Waals surface area contributed by atoms with Gasteiger partial charge in [0, 0.05) is 18.4 Å². The van der Waals surface area contributed by atoms with Crippen LogP contribution in [0.1, 0.15) is 37.0 Å². The van der Waals surface area contributed by atoms with Crippen LogP contribution in [0.2, 0.25) is 0 Å². The Labute approximate surface area is 111 Å². The number of nitrogens with zero attached hydrogens (tertiary/aromatic N) is 2. The zero-order chi connectivity index (χ0) is 13.0. The number of hydrogen-bond acceptors (Lipinski definition) is 2. The number of nitrogens with one attached hydrogen (secondary N) is 1. The highest BCUT2D eigenvalue weighted by atomic mass is 79.9. The summed E-state index contributed by atoms with van der Waals surface area (Å²) < 4.78 is 1.64. The van der Waals surface area contributed by atoms with Crippen molar-refractivity contribution < 1.29 is 4.79 Å². The van der Waals surface area contributed by atoms with Gasteiger partial charge in [-0.15, -0.1) is 0 Å². The Kier molecular flexibility index (Phi) is 5.18. The molecule has 0 fully saturated rings. The van der Waals surface area contributed by atoms with E-state index in [1.165, 1.54) is 0 Å². The first-order valence-electron chi connectivity index (χ1n) is 5.89. The van der Waals surface area contributed by atoms with Crippen molar-refractivity contribution in [2.24, 2.45) is 13.0 Å².